The quantitative estimate of drug-likeness (QED) is 0.769. The van der Waals surface area contributed by atoms with Gasteiger partial charge in [0.2, 0.25) is 5.91 Å². The number of hydrogen-bond donors (Lipinski definition) is 0. The summed E-state index contributed by atoms with van der Waals surface area (Å²) in [5.41, 5.74) is 3.90. The molecule has 2 aliphatic heterocycles. The van der Waals surface area contributed by atoms with Crippen molar-refractivity contribution in [1.29, 1.82) is 0 Å². The molecule has 1 amide bonds. The minimum atomic E-state index is 0.0119. The van der Waals surface area contributed by atoms with Gasteiger partial charge >= 0.3 is 0 Å². The van der Waals surface area contributed by atoms with E-state index >= 15 is 0 Å². The van der Waals surface area contributed by atoms with Crippen LogP contribution in [0.25, 0.3) is 11.3 Å². The van der Waals surface area contributed by atoms with Crippen molar-refractivity contribution in [3.63, 3.8) is 0 Å². The van der Waals surface area contributed by atoms with Crippen LogP contribution in [0.1, 0.15) is 37.2 Å². The van der Waals surface area contributed by atoms with Crippen molar-refractivity contribution < 1.29 is 4.79 Å². The molecule has 1 spiro atoms. The lowest BCUT2D eigenvalue weighted by atomic mass is 9.63. The van der Waals surface area contributed by atoms with E-state index in [1.807, 2.05) is 29.0 Å². The zero-order valence-electron chi connectivity index (χ0n) is 16.5. The molecule has 2 saturated heterocycles. The lowest BCUT2D eigenvalue weighted by Crippen LogP contribution is -2.60. The summed E-state index contributed by atoms with van der Waals surface area (Å²) in [7, 11) is 1.95. The van der Waals surface area contributed by atoms with Crippen molar-refractivity contribution in [2.75, 3.05) is 31.1 Å². The Balaban J connectivity index is 1.45. The van der Waals surface area contributed by atoms with Gasteiger partial charge < -0.3 is 9.80 Å². The highest BCUT2D eigenvalue weighted by Gasteiger charge is 2.47. The van der Waals surface area contributed by atoms with Crippen LogP contribution in [0.2, 0.25) is 0 Å². The van der Waals surface area contributed by atoms with Crippen LogP contribution in [0.4, 0.5) is 5.82 Å². The number of anilines is 1. The number of amides is 1. The summed E-state index contributed by atoms with van der Waals surface area (Å²) in [6, 6.07) is 4.27. The van der Waals surface area contributed by atoms with Gasteiger partial charge in [-0.25, -0.2) is 4.98 Å². The molecule has 28 heavy (non-hydrogen) atoms. The van der Waals surface area contributed by atoms with Crippen LogP contribution in [-0.2, 0) is 11.8 Å². The van der Waals surface area contributed by atoms with Gasteiger partial charge in [-0.1, -0.05) is 13.0 Å². The molecule has 3 aliphatic rings. The van der Waals surface area contributed by atoms with E-state index in [9.17, 15) is 4.79 Å². The zero-order valence-corrected chi connectivity index (χ0v) is 16.5. The second kappa shape index (κ2) is 6.47. The maximum atomic E-state index is 12.0. The second-order valence-electron chi connectivity index (χ2n) is 8.69. The van der Waals surface area contributed by atoms with Gasteiger partial charge in [-0.3, -0.25) is 9.48 Å². The fourth-order valence-electron chi connectivity index (χ4n) is 5.00. The molecule has 1 atom stereocenters. The van der Waals surface area contributed by atoms with Gasteiger partial charge in [-0.2, -0.15) is 5.10 Å². The number of pyridine rings is 1. The summed E-state index contributed by atoms with van der Waals surface area (Å²) in [6.45, 7) is 7.37. The molecule has 2 aromatic rings. The van der Waals surface area contributed by atoms with Crippen molar-refractivity contribution >= 4 is 11.7 Å². The predicted octanol–water partition coefficient (Wildman–Crippen LogP) is 2.97. The zero-order chi connectivity index (χ0) is 19.3. The van der Waals surface area contributed by atoms with Gasteiger partial charge in [0, 0.05) is 62.5 Å². The fraction of sp³-hybridized carbons (Fsp3) is 0.500. The third kappa shape index (κ3) is 2.82. The number of carbonyl (C=O) groups excluding carboxylic acids is 1. The van der Waals surface area contributed by atoms with Crippen molar-refractivity contribution in [3.8, 4) is 11.3 Å². The van der Waals surface area contributed by atoms with E-state index in [4.69, 9.17) is 4.98 Å². The Kier molecular flexibility index (Phi) is 4.03. The molecule has 3 fully saturated rings. The Labute approximate surface area is 165 Å². The van der Waals surface area contributed by atoms with E-state index in [0.717, 1.165) is 49.7 Å². The Hall–Kier alpha value is -2.63. The first kappa shape index (κ1) is 17.5. The smallest absolute Gasteiger partial charge is 0.245 e. The van der Waals surface area contributed by atoms with Crippen LogP contribution in [-0.4, -0.2) is 51.8 Å². The Bertz CT molecular complexity index is 921. The van der Waals surface area contributed by atoms with Crippen molar-refractivity contribution in [1.82, 2.24) is 19.7 Å². The molecule has 0 unspecified atom stereocenters. The highest BCUT2D eigenvalue weighted by Crippen LogP contribution is 2.49. The Morgan fingerprint density at radius 3 is 2.82 bits per heavy atom. The van der Waals surface area contributed by atoms with Crippen molar-refractivity contribution in [3.05, 3.63) is 42.7 Å². The van der Waals surface area contributed by atoms with E-state index in [1.54, 1.807) is 0 Å². The Morgan fingerprint density at radius 2 is 2.18 bits per heavy atom. The highest BCUT2D eigenvalue weighted by molar-refractivity contribution is 5.87. The largest absolute Gasteiger partial charge is 0.355 e. The molecule has 1 saturated carbocycles. The highest BCUT2D eigenvalue weighted by atomic mass is 16.2. The van der Waals surface area contributed by atoms with Crippen molar-refractivity contribution in [2.24, 2.45) is 12.5 Å². The van der Waals surface area contributed by atoms with Gasteiger partial charge in [0.1, 0.15) is 5.82 Å². The first-order chi connectivity index (χ1) is 13.6. The van der Waals surface area contributed by atoms with Crippen LogP contribution in [0, 0.1) is 5.41 Å². The molecule has 0 bridgehead atoms. The summed E-state index contributed by atoms with van der Waals surface area (Å²) in [5, 5.41) is 4.66. The van der Waals surface area contributed by atoms with Crippen molar-refractivity contribution in [2.45, 2.75) is 31.6 Å². The van der Waals surface area contributed by atoms with Gasteiger partial charge in [0.05, 0.1) is 5.69 Å². The molecular formula is C22H27N5O. The van der Waals surface area contributed by atoms with E-state index in [0.29, 0.717) is 5.41 Å². The molecule has 6 nitrogen and oxygen atoms in total. The molecule has 2 aromatic heterocycles. The maximum absolute atomic E-state index is 12.0. The van der Waals surface area contributed by atoms with Crippen LogP contribution in [0.5, 0.6) is 0 Å². The summed E-state index contributed by atoms with van der Waals surface area (Å²) < 4.78 is 1.84. The van der Waals surface area contributed by atoms with E-state index in [2.05, 4.69) is 28.7 Å². The van der Waals surface area contributed by atoms with E-state index < -0.39 is 0 Å². The maximum Gasteiger partial charge on any atom is 0.245 e. The average molecular weight is 377 g/mol. The molecular weight excluding hydrogens is 350 g/mol. The summed E-state index contributed by atoms with van der Waals surface area (Å²) >= 11 is 0. The number of aryl methyl sites for hydroxylation is 1. The molecule has 0 radical (unpaired) electrons. The average Bonchev–Trinajstić information content (AvgIpc) is 3.28. The first-order valence-electron chi connectivity index (χ1n) is 10.2. The fourth-order valence-corrected chi connectivity index (χ4v) is 5.00. The topological polar surface area (TPSA) is 54.3 Å². The number of carbonyl (C=O) groups is 1. The van der Waals surface area contributed by atoms with Crippen LogP contribution < -0.4 is 4.90 Å². The van der Waals surface area contributed by atoms with Gasteiger partial charge in [-0.05, 0) is 43.0 Å². The monoisotopic (exact) mass is 377 g/mol. The summed E-state index contributed by atoms with van der Waals surface area (Å²) in [4.78, 5) is 21.1. The van der Waals surface area contributed by atoms with Gasteiger partial charge in [0.25, 0.3) is 0 Å². The minimum Gasteiger partial charge on any atom is -0.355 e. The van der Waals surface area contributed by atoms with Gasteiger partial charge in [0.15, 0.2) is 0 Å². The standard InChI is InChI=1S/C22H27N5O/c1-3-21(28)26-10-5-16(13-26)18-12-23-20(27-14-22(15-27)7-4-8-22)11-17(18)19-6-9-25(2)24-19/h3,6,9,11-12,16H,1,4-5,7-8,10,13-15H2,2H3/t16-/m1/s1. The number of rotatable bonds is 4. The van der Waals surface area contributed by atoms with Gasteiger partial charge in [-0.15, -0.1) is 0 Å². The third-order valence-electron chi connectivity index (χ3n) is 6.82. The van der Waals surface area contributed by atoms with E-state index in [-0.39, 0.29) is 11.8 Å². The third-order valence-corrected chi connectivity index (χ3v) is 6.82. The molecule has 6 heteroatoms. The van der Waals surface area contributed by atoms with Crippen LogP contribution in [0.3, 0.4) is 0 Å². The minimum absolute atomic E-state index is 0.0119. The first-order valence-corrected chi connectivity index (χ1v) is 10.2. The molecule has 5 rings (SSSR count). The lowest BCUT2D eigenvalue weighted by Gasteiger charge is -2.56. The normalized spacial score (nSPS) is 22.8. The SMILES string of the molecule is C=CC(=O)N1CC[C@@H](c2cnc(N3CC4(CCC4)C3)cc2-c2ccn(C)n2)C1. The number of likely N-dealkylation sites (tertiary alicyclic amines) is 1. The molecule has 146 valence electrons. The molecule has 0 aromatic carbocycles. The summed E-state index contributed by atoms with van der Waals surface area (Å²) in [5.74, 6) is 1.36. The predicted molar refractivity (Wildman–Crippen MR) is 109 cm³/mol. The summed E-state index contributed by atoms with van der Waals surface area (Å²) in [6.07, 6.45) is 10.5. The number of aromatic nitrogens is 3. The van der Waals surface area contributed by atoms with E-state index in [1.165, 1.54) is 30.9 Å². The lowest BCUT2D eigenvalue weighted by molar-refractivity contribution is -0.125. The molecule has 4 heterocycles. The Morgan fingerprint density at radius 1 is 1.36 bits per heavy atom. The van der Waals surface area contributed by atoms with Crippen LogP contribution >= 0.6 is 0 Å². The molecule has 0 N–H and O–H groups in total. The second-order valence-corrected chi connectivity index (χ2v) is 8.69. The number of hydrogen-bond acceptors (Lipinski definition) is 4. The molecule has 1 aliphatic carbocycles. The van der Waals surface area contributed by atoms with Crippen LogP contribution in [0.15, 0.2) is 37.2 Å². The number of nitrogens with zero attached hydrogens (tertiary/aromatic N) is 5.